The lowest BCUT2D eigenvalue weighted by molar-refractivity contribution is 0.995. The maximum absolute atomic E-state index is 10.3. The molecule has 6 heteroatoms. The van der Waals surface area contributed by atoms with Gasteiger partial charge in [-0.15, -0.1) is 0 Å². The molecule has 0 saturated heterocycles. The Bertz CT molecular complexity index is 2710. The molecule has 0 unspecified atom stereocenters. The van der Waals surface area contributed by atoms with Gasteiger partial charge in [0.2, 0.25) is 5.95 Å². The first kappa shape index (κ1) is 27.3. The van der Waals surface area contributed by atoms with Crippen molar-refractivity contribution in [3.63, 3.8) is 0 Å². The van der Waals surface area contributed by atoms with Crippen LogP contribution in [0.4, 0.5) is 0 Å². The number of hydrogen-bond donors (Lipinski definition) is 0. The van der Waals surface area contributed by atoms with Crippen molar-refractivity contribution >= 4 is 43.6 Å². The molecule has 222 valence electrons. The number of aromatic nitrogens is 4. The Morgan fingerprint density at radius 1 is 0.438 bits per heavy atom. The van der Waals surface area contributed by atoms with Gasteiger partial charge in [-0.05, 0) is 30.3 Å². The standard InChI is InChI=1S/C42H24N6/c43-25-29-16-11-17-30(26-44)39(29)47-37-20-9-7-18-31(37)33-22-23-34-32-19-8-10-21-38(32)48(41(34)40(33)47)42-45-35(27-12-3-1-4-13-27)24-36(46-42)28-14-5-2-6-15-28/h1-24H. The van der Waals surface area contributed by atoms with E-state index in [9.17, 15) is 10.5 Å². The molecular weight excluding hydrogens is 589 g/mol. The molecule has 0 fully saturated rings. The third-order valence-electron chi connectivity index (χ3n) is 9.02. The second-order valence-electron chi connectivity index (χ2n) is 11.7. The molecule has 0 bridgehead atoms. The summed E-state index contributed by atoms with van der Waals surface area (Å²) in [5.74, 6) is 0.528. The normalized spacial score (nSPS) is 11.3. The van der Waals surface area contributed by atoms with Crippen molar-refractivity contribution in [3.8, 4) is 46.3 Å². The molecule has 0 aliphatic carbocycles. The van der Waals surface area contributed by atoms with Gasteiger partial charge in [0.05, 0.1) is 50.3 Å². The minimum atomic E-state index is 0.421. The van der Waals surface area contributed by atoms with Gasteiger partial charge >= 0.3 is 0 Å². The third kappa shape index (κ3) is 4.04. The van der Waals surface area contributed by atoms with Crippen LogP contribution in [0.3, 0.4) is 0 Å². The average Bonchev–Trinajstić information content (AvgIpc) is 3.68. The van der Waals surface area contributed by atoms with Gasteiger partial charge in [-0.3, -0.25) is 4.57 Å². The summed E-state index contributed by atoms with van der Waals surface area (Å²) >= 11 is 0. The molecular formula is C42H24N6. The van der Waals surface area contributed by atoms with Crippen LogP contribution in [0.2, 0.25) is 0 Å². The molecule has 48 heavy (non-hydrogen) atoms. The van der Waals surface area contributed by atoms with Gasteiger partial charge in [0.15, 0.2) is 0 Å². The monoisotopic (exact) mass is 612 g/mol. The summed E-state index contributed by atoms with van der Waals surface area (Å²) in [6.07, 6.45) is 0. The number of hydrogen-bond acceptors (Lipinski definition) is 4. The van der Waals surface area contributed by atoms with Crippen molar-refractivity contribution in [2.75, 3.05) is 0 Å². The maximum atomic E-state index is 10.3. The van der Waals surface area contributed by atoms with Crippen LogP contribution in [0, 0.1) is 22.7 Å². The van der Waals surface area contributed by atoms with E-state index in [2.05, 4.69) is 75.9 Å². The second kappa shape index (κ2) is 10.8. The number of benzene rings is 6. The smallest absolute Gasteiger partial charge is 0.235 e. The van der Waals surface area contributed by atoms with Crippen LogP contribution in [-0.2, 0) is 0 Å². The van der Waals surface area contributed by atoms with E-state index >= 15 is 0 Å². The summed E-state index contributed by atoms with van der Waals surface area (Å²) in [6.45, 7) is 0. The SMILES string of the molecule is N#Cc1cccc(C#N)c1-n1c2ccccc2c2ccc3c4ccccc4n(-c4nc(-c5ccccc5)cc(-c5ccccc5)n4)c3c21. The van der Waals surface area contributed by atoms with Crippen molar-refractivity contribution in [1.29, 1.82) is 10.5 Å². The molecule has 6 aromatic carbocycles. The van der Waals surface area contributed by atoms with Gasteiger partial charge in [-0.25, -0.2) is 9.97 Å². The highest BCUT2D eigenvalue weighted by molar-refractivity contribution is 6.23. The Labute approximate surface area is 275 Å². The van der Waals surface area contributed by atoms with Gasteiger partial charge in [0.1, 0.15) is 12.1 Å². The minimum absolute atomic E-state index is 0.421. The number of para-hydroxylation sites is 3. The molecule has 0 spiro atoms. The summed E-state index contributed by atoms with van der Waals surface area (Å²) in [4.78, 5) is 10.5. The van der Waals surface area contributed by atoms with Crippen molar-refractivity contribution in [2.24, 2.45) is 0 Å². The first-order valence-corrected chi connectivity index (χ1v) is 15.6. The Morgan fingerprint density at radius 3 is 1.42 bits per heavy atom. The molecule has 6 nitrogen and oxygen atoms in total. The van der Waals surface area contributed by atoms with Crippen LogP contribution in [0.5, 0.6) is 0 Å². The lowest BCUT2D eigenvalue weighted by Crippen LogP contribution is -2.06. The van der Waals surface area contributed by atoms with Gasteiger partial charge in [-0.1, -0.05) is 115 Å². The van der Waals surface area contributed by atoms with E-state index in [1.54, 1.807) is 18.2 Å². The zero-order chi connectivity index (χ0) is 32.2. The van der Waals surface area contributed by atoms with Crippen LogP contribution in [0.15, 0.2) is 146 Å². The van der Waals surface area contributed by atoms with Crippen molar-refractivity contribution in [2.45, 2.75) is 0 Å². The third-order valence-corrected chi connectivity index (χ3v) is 9.02. The van der Waals surface area contributed by atoms with E-state index in [0.29, 0.717) is 22.8 Å². The van der Waals surface area contributed by atoms with E-state index in [0.717, 1.165) is 66.1 Å². The number of nitriles is 2. The fourth-order valence-electron chi connectivity index (χ4n) is 6.95. The molecule has 0 saturated carbocycles. The van der Waals surface area contributed by atoms with Crippen molar-refractivity contribution < 1.29 is 0 Å². The van der Waals surface area contributed by atoms with Gasteiger partial charge in [0.25, 0.3) is 0 Å². The lowest BCUT2D eigenvalue weighted by Gasteiger charge is -2.15. The first-order valence-electron chi connectivity index (χ1n) is 15.6. The highest BCUT2D eigenvalue weighted by Crippen LogP contribution is 2.42. The first-order chi connectivity index (χ1) is 23.7. The van der Waals surface area contributed by atoms with Crippen LogP contribution < -0.4 is 0 Å². The molecule has 3 heterocycles. The molecule has 0 radical (unpaired) electrons. The van der Waals surface area contributed by atoms with Crippen LogP contribution in [0.25, 0.3) is 77.8 Å². The van der Waals surface area contributed by atoms with E-state index in [4.69, 9.17) is 9.97 Å². The summed E-state index contributed by atoms with van der Waals surface area (Å²) in [7, 11) is 0. The fraction of sp³-hybridized carbons (Fsp3) is 0. The van der Waals surface area contributed by atoms with E-state index in [-0.39, 0.29) is 0 Å². The average molecular weight is 613 g/mol. The molecule has 9 rings (SSSR count). The van der Waals surface area contributed by atoms with Crippen LogP contribution >= 0.6 is 0 Å². The number of fused-ring (bicyclic) bond motifs is 7. The summed E-state index contributed by atoms with van der Waals surface area (Å²) in [5, 5.41) is 24.7. The number of nitrogens with zero attached hydrogens (tertiary/aromatic N) is 6. The molecule has 0 amide bonds. The van der Waals surface area contributed by atoms with Crippen LogP contribution in [0.1, 0.15) is 11.1 Å². The Morgan fingerprint density at radius 2 is 0.896 bits per heavy atom. The highest BCUT2D eigenvalue weighted by atomic mass is 15.2. The predicted octanol–water partition coefficient (Wildman–Crippen LogP) is 9.75. The Balaban J connectivity index is 1.50. The molecule has 0 aliphatic heterocycles. The van der Waals surface area contributed by atoms with E-state index < -0.39 is 0 Å². The highest BCUT2D eigenvalue weighted by Gasteiger charge is 2.24. The maximum Gasteiger partial charge on any atom is 0.235 e. The zero-order valence-electron chi connectivity index (χ0n) is 25.5. The molecule has 3 aromatic heterocycles. The van der Waals surface area contributed by atoms with E-state index in [1.807, 2.05) is 72.8 Å². The van der Waals surface area contributed by atoms with Crippen molar-refractivity contribution in [1.82, 2.24) is 19.1 Å². The lowest BCUT2D eigenvalue weighted by atomic mass is 10.1. The molecule has 0 atom stereocenters. The molecule has 0 aliphatic rings. The summed E-state index contributed by atoms with van der Waals surface area (Å²) in [6, 6.07) is 53.1. The van der Waals surface area contributed by atoms with Gasteiger partial charge in [0, 0.05) is 32.7 Å². The second-order valence-corrected chi connectivity index (χ2v) is 11.7. The fourth-order valence-corrected chi connectivity index (χ4v) is 6.95. The number of rotatable bonds is 4. The molecule has 0 N–H and O–H groups in total. The minimum Gasteiger partial charge on any atom is -0.305 e. The zero-order valence-corrected chi connectivity index (χ0v) is 25.5. The van der Waals surface area contributed by atoms with Crippen LogP contribution in [-0.4, -0.2) is 19.1 Å². The van der Waals surface area contributed by atoms with Crippen molar-refractivity contribution in [3.05, 3.63) is 157 Å². The molecule has 9 aromatic rings. The predicted molar refractivity (Wildman–Crippen MR) is 191 cm³/mol. The topological polar surface area (TPSA) is 83.2 Å². The Kier molecular flexibility index (Phi) is 6.15. The Hall–Kier alpha value is -7.02. The summed E-state index contributed by atoms with van der Waals surface area (Å²) < 4.78 is 4.22. The van der Waals surface area contributed by atoms with Gasteiger partial charge in [-0.2, -0.15) is 10.5 Å². The van der Waals surface area contributed by atoms with E-state index in [1.165, 1.54) is 0 Å². The quantitative estimate of drug-likeness (QED) is 0.198. The summed E-state index contributed by atoms with van der Waals surface area (Å²) in [5.41, 5.74) is 8.61. The van der Waals surface area contributed by atoms with Gasteiger partial charge < -0.3 is 4.57 Å². The largest absolute Gasteiger partial charge is 0.305 e.